The van der Waals surface area contributed by atoms with Crippen molar-refractivity contribution in [3.63, 3.8) is 0 Å². The molecule has 19 heavy (non-hydrogen) atoms. The third-order valence-corrected chi connectivity index (χ3v) is 4.58. The predicted molar refractivity (Wildman–Crippen MR) is 71.3 cm³/mol. The molecule has 5 heteroatoms. The maximum Gasteiger partial charge on any atom is 0.328 e. The van der Waals surface area contributed by atoms with Gasteiger partial charge in [-0.2, -0.15) is 0 Å². The van der Waals surface area contributed by atoms with E-state index in [2.05, 4.69) is 13.8 Å². The van der Waals surface area contributed by atoms with Crippen molar-refractivity contribution >= 4 is 11.9 Å². The van der Waals surface area contributed by atoms with E-state index in [4.69, 9.17) is 0 Å². The summed E-state index contributed by atoms with van der Waals surface area (Å²) in [5, 5.41) is 12.9. The van der Waals surface area contributed by atoms with Gasteiger partial charge in [-0.1, -0.05) is 20.3 Å². The lowest BCUT2D eigenvalue weighted by Gasteiger charge is -2.42. The largest absolute Gasteiger partial charge is 0.480 e. The Balaban J connectivity index is 2.25. The molecule has 2 aliphatic heterocycles. The Morgan fingerprint density at radius 2 is 2.00 bits per heavy atom. The van der Waals surface area contributed by atoms with Crippen LogP contribution < -0.4 is 0 Å². The fourth-order valence-electron chi connectivity index (χ4n) is 3.23. The van der Waals surface area contributed by atoms with Crippen molar-refractivity contribution in [1.29, 1.82) is 0 Å². The van der Waals surface area contributed by atoms with Crippen LogP contribution in [0.3, 0.4) is 0 Å². The van der Waals surface area contributed by atoms with E-state index in [1.165, 1.54) is 0 Å². The standard InChI is InChI=1S/C14H24N2O3/c1-3-10(2)11-6-4-8-15-9-5-7-12(14(18)19)16(15)13(11)17/h10-12H,3-9H2,1-2H3,(H,18,19). The summed E-state index contributed by atoms with van der Waals surface area (Å²) in [7, 11) is 0. The number of hydrogen-bond donors (Lipinski definition) is 1. The van der Waals surface area contributed by atoms with Crippen LogP contribution in [0.25, 0.3) is 0 Å². The second kappa shape index (κ2) is 5.90. The summed E-state index contributed by atoms with van der Waals surface area (Å²) in [6, 6.07) is -0.661. The summed E-state index contributed by atoms with van der Waals surface area (Å²) in [6.07, 6.45) is 4.25. The Hall–Kier alpha value is -1.10. The molecule has 1 N–H and O–H groups in total. The zero-order valence-corrected chi connectivity index (χ0v) is 11.8. The number of carbonyl (C=O) groups excluding carboxylic acids is 1. The van der Waals surface area contributed by atoms with Crippen LogP contribution in [-0.2, 0) is 9.59 Å². The molecule has 0 bridgehead atoms. The molecule has 3 unspecified atom stereocenters. The number of hydrogen-bond acceptors (Lipinski definition) is 3. The lowest BCUT2D eigenvalue weighted by molar-refractivity contribution is -0.176. The topological polar surface area (TPSA) is 60.9 Å². The van der Waals surface area contributed by atoms with E-state index < -0.39 is 12.0 Å². The summed E-state index contributed by atoms with van der Waals surface area (Å²) in [6.45, 7) is 5.80. The van der Waals surface area contributed by atoms with Crippen molar-refractivity contribution in [3.05, 3.63) is 0 Å². The van der Waals surface area contributed by atoms with Crippen molar-refractivity contribution in [3.8, 4) is 0 Å². The Morgan fingerprint density at radius 3 is 2.58 bits per heavy atom. The van der Waals surface area contributed by atoms with Gasteiger partial charge in [-0.3, -0.25) is 9.80 Å². The first kappa shape index (κ1) is 14.3. The Morgan fingerprint density at radius 1 is 1.37 bits per heavy atom. The molecule has 0 aromatic carbocycles. The molecule has 0 aromatic heterocycles. The van der Waals surface area contributed by atoms with E-state index in [0.717, 1.165) is 38.8 Å². The Bertz CT molecular complexity index is 359. The molecule has 0 aliphatic carbocycles. The van der Waals surface area contributed by atoms with E-state index >= 15 is 0 Å². The molecule has 2 saturated heterocycles. The quantitative estimate of drug-likeness (QED) is 0.847. The lowest BCUT2D eigenvalue weighted by atomic mass is 9.87. The molecular formula is C14H24N2O3. The molecule has 2 aliphatic rings. The van der Waals surface area contributed by atoms with Crippen LogP contribution >= 0.6 is 0 Å². The van der Waals surface area contributed by atoms with Gasteiger partial charge in [0, 0.05) is 19.0 Å². The molecule has 108 valence electrons. The molecule has 5 nitrogen and oxygen atoms in total. The van der Waals surface area contributed by atoms with E-state index in [9.17, 15) is 14.7 Å². The van der Waals surface area contributed by atoms with Gasteiger partial charge in [0.2, 0.25) is 5.91 Å². The van der Waals surface area contributed by atoms with Crippen molar-refractivity contribution < 1.29 is 14.7 Å². The number of carboxylic acids is 1. The third-order valence-electron chi connectivity index (χ3n) is 4.58. The highest BCUT2D eigenvalue weighted by atomic mass is 16.4. The van der Waals surface area contributed by atoms with E-state index in [-0.39, 0.29) is 11.8 Å². The van der Waals surface area contributed by atoms with Crippen LogP contribution in [0.5, 0.6) is 0 Å². The van der Waals surface area contributed by atoms with Gasteiger partial charge in [-0.15, -0.1) is 0 Å². The molecule has 0 spiro atoms. The fourth-order valence-corrected chi connectivity index (χ4v) is 3.23. The average molecular weight is 268 g/mol. The van der Waals surface area contributed by atoms with E-state index in [0.29, 0.717) is 12.3 Å². The van der Waals surface area contributed by atoms with Gasteiger partial charge in [0.05, 0.1) is 0 Å². The summed E-state index contributed by atoms with van der Waals surface area (Å²) < 4.78 is 0. The van der Waals surface area contributed by atoms with Crippen LogP contribution in [0.2, 0.25) is 0 Å². The smallest absolute Gasteiger partial charge is 0.328 e. The lowest BCUT2D eigenvalue weighted by Crippen LogP contribution is -2.59. The molecular weight excluding hydrogens is 244 g/mol. The van der Waals surface area contributed by atoms with Crippen molar-refractivity contribution in [2.45, 2.75) is 52.0 Å². The van der Waals surface area contributed by atoms with Crippen LogP contribution in [0.4, 0.5) is 0 Å². The SMILES string of the molecule is CCC(C)C1CCCN2CCCC(C(=O)O)N2C1=O. The van der Waals surface area contributed by atoms with Crippen LogP contribution in [-0.4, -0.2) is 46.1 Å². The second-order valence-electron chi connectivity index (χ2n) is 5.77. The van der Waals surface area contributed by atoms with Gasteiger partial charge in [-0.25, -0.2) is 9.80 Å². The van der Waals surface area contributed by atoms with Gasteiger partial charge >= 0.3 is 5.97 Å². The third kappa shape index (κ3) is 2.76. The summed E-state index contributed by atoms with van der Waals surface area (Å²) in [4.78, 5) is 24.1. The minimum atomic E-state index is -0.872. The molecule has 0 aromatic rings. The zero-order chi connectivity index (χ0) is 14.0. The Kier molecular flexibility index (Phi) is 4.45. The second-order valence-corrected chi connectivity index (χ2v) is 5.77. The van der Waals surface area contributed by atoms with Gasteiger partial charge in [0.25, 0.3) is 0 Å². The number of nitrogens with zero attached hydrogens (tertiary/aromatic N) is 2. The van der Waals surface area contributed by atoms with Crippen LogP contribution in [0.15, 0.2) is 0 Å². The number of rotatable bonds is 3. The van der Waals surface area contributed by atoms with Crippen molar-refractivity contribution in [2.75, 3.05) is 13.1 Å². The number of carboxylic acid groups (broad SMARTS) is 1. The number of amides is 1. The molecule has 2 heterocycles. The highest BCUT2D eigenvalue weighted by molar-refractivity contribution is 5.85. The van der Waals surface area contributed by atoms with E-state index in [1.807, 2.05) is 5.01 Å². The van der Waals surface area contributed by atoms with Crippen molar-refractivity contribution in [2.24, 2.45) is 11.8 Å². The maximum atomic E-state index is 12.7. The zero-order valence-electron chi connectivity index (χ0n) is 11.8. The predicted octanol–water partition coefficient (Wildman–Crippen LogP) is 1.74. The van der Waals surface area contributed by atoms with E-state index in [1.54, 1.807) is 5.01 Å². The first-order valence-electron chi connectivity index (χ1n) is 7.37. The van der Waals surface area contributed by atoms with Gasteiger partial charge in [0.1, 0.15) is 6.04 Å². The minimum absolute atomic E-state index is 0.0186. The normalized spacial score (nSPS) is 30.6. The average Bonchev–Trinajstić information content (AvgIpc) is 2.57. The Labute approximate surface area is 114 Å². The maximum absolute atomic E-state index is 12.7. The first-order chi connectivity index (χ1) is 9.06. The molecule has 3 atom stereocenters. The van der Waals surface area contributed by atoms with Crippen LogP contribution in [0.1, 0.15) is 46.0 Å². The van der Waals surface area contributed by atoms with Gasteiger partial charge in [0.15, 0.2) is 0 Å². The van der Waals surface area contributed by atoms with Gasteiger partial charge in [-0.05, 0) is 31.6 Å². The van der Waals surface area contributed by atoms with Crippen LogP contribution in [0, 0.1) is 11.8 Å². The monoisotopic (exact) mass is 268 g/mol. The number of carbonyl (C=O) groups is 2. The summed E-state index contributed by atoms with van der Waals surface area (Å²) >= 11 is 0. The molecule has 2 fully saturated rings. The minimum Gasteiger partial charge on any atom is -0.480 e. The molecule has 0 saturated carbocycles. The number of fused-ring (bicyclic) bond motifs is 1. The fraction of sp³-hybridized carbons (Fsp3) is 0.857. The summed E-state index contributed by atoms with van der Waals surface area (Å²) in [5.41, 5.74) is 0. The highest BCUT2D eigenvalue weighted by Gasteiger charge is 2.42. The first-order valence-corrected chi connectivity index (χ1v) is 7.37. The molecule has 2 rings (SSSR count). The summed E-state index contributed by atoms with van der Waals surface area (Å²) in [5.74, 6) is -0.541. The highest BCUT2D eigenvalue weighted by Crippen LogP contribution is 2.31. The molecule has 1 amide bonds. The van der Waals surface area contributed by atoms with Crippen molar-refractivity contribution in [1.82, 2.24) is 10.0 Å². The molecule has 0 radical (unpaired) electrons. The number of aliphatic carboxylic acids is 1. The van der Waals surface area contributed by atoms with Gasteiger partial charge < -0.3 is 5.11 Å². The number of hydrazine groups is 1.